The maximum Gasteiger partial charge on any atom is 0.123 e. The van der Waals surface area contributed by atoms with Crippen molar-refractivity contribution >= 4 is 0 Å². The van der Waals surface area contributed by atoms with Crippen molar-refractivity contribution < 1.29 is 4.39 Å². The topological polar surface area (TPSA) is 0 Å². The van der Waals surface area contributed by atoms with Crippen LogP contribution in [-0.4, -0.2) is 0 Å². The van der Waals surface area contributed by atoms with Crippen LogP contribution in [0.5, 0.6) is 0 Å². The first kappa shape index (κ1) is 17.0. The molecule has 1 heteroatoms. The Kier molecular flexibility index (Phi) is 6.89. The zero-order valence-electron chi connectivity index (χ0n) is 14.0. The molecule has 1 aromatic carbocycles. The maximum absolute atomic E-state index is 13.2. The van der Waals surface area contributed by atoms with Gasteiger partial charge in [0.2, 0.25) is 0 Å². The smallest absolute Gasteiger partial charge is 0.123 e. The van der Waals surface area contributed by atoms with Crippen LogP contribution in [0.2, 0.25) is 0 Å². The molecule has 2 rings (SSSR count). The summed E-state index contributed by atoms with van der Waals surface area (Å²) in [5.74, 6) is 0.967. The summed E-state index contributed by atoms with van der Waals surface area (Å²) in [5.41, 5.74) is 2.82. The Hall–Kier alpha value is -1.37. The molecule has 0 aromatic heterocycles. The molecule has 1 aromatic rings. The Morgan fingerprint density at radius 1 is 1.05 bits per heavy atom. The van der Waals surface area contributed by atoms with Crippen molar-refractivity contribution in [3.63, 3.8) is 0 Å². The summed E-state index contributed by atoms with van der Waals surface area (Å²) in [7, 11) is 0. The fourth-order valence-corrected chi connectivity index (χ4v) is 3.56. The first-order chi connectivity index (χ1) is 10.8. The summed E-state index contributed by atoms with van der Waals surface area (Å²) in [4.78, 5) is 0. The van der Waals surface area contributed by atoms with E-state index in [0.29, 0.717) is 11.8 Å². The van der Waals surface area contributed by atoms with Crippen LogP contribution in [0.4, 0.5) is 4.39 Å². The molecule has 0 N–H and O–H groups in total. The lowest BCUT2D eigenvalue weighted by Crippen LogP contribution is -2.14. The van der Waals surface area contributed by atoms with Gasteiger partial charge >= 0.3 is 0 Å². The minimum Gasteiger partial charge on any atom is -0.207 e. The van der Waals surface area contributed by atoms with Crippen LogP contribution >= 0.6 is 0 Å². The third-order valence-electron chi connectivity index (χ3n) is 4.74. The van der Waals surface area contributed by atoms with E-state index in [2.05, 4.69) is 32.1 Å². The molecular weight excluding hydrogens is 271 g/mol. The summed E-state index contributed by atoms with van der Waals surface area (Å²) in [6.45, 7) is 4.54. The molecule has 0 saturated heterocycles. The van der Waals surface area contributed by atoms with Crippen LogP contribution in [0.25, 0.3) is 0 Å². The molecule has 2 unspecified atom stereocenters. The molecule has 0 amide bonds. The maximum atomic E-state index is 13.2. The highest BCUT2D eigenvalue weighted by Crippen LogP contribution is 2.39. The van der Waals surface area contributed by atoms with Crippen LogP contribution in [0, 0.1) is 11.7 Å². The number of benzene rings is 1. The van der Waals surface area contributed by atoms with E-state index in [-0.39, 0.29) is 5.82 Å². The fraction of sp³-hybridized carbons (Fsp3) is 0.524. The lowest BCUT2D eigenvalue weighted by molar-refractivity contribution is 0.454. The standard InChI is InChI=1S/C21H29F/c1-3-5-6-10-17(9-4-2)20-11-7-8-12-21(20)18-13-15-19(22)16-14-18/h7-8,11,13-17,21H,3-6,9-10,12H2,1-2H3. The zero-order chi connectivity index (χ0) is 15.8. The lowest BCUT2D eigenvalue weighted by atomic mass is 9.76. The van der Waals surface area contributed by atoms with Crippen molar-refractivity contribution in [3.8, 4) is 0 Å². The second kappa shape index (κ2) is 8.92. The summed E-state index contributed by atoms with van der Waals surface area (Å²) in [6, 6.07) is 7.11. The second-order valence-corrected chi connectivity index (χ2v) is 6.42. The molecule has 1 aliphatic rings. The van der Waals surface area contributed by atoms with Crippen molar-refractivity contribution in [2.24, 2.45) is 5.92 Å². The predicted octanol–water partition coefficient (Wildman–Crippen LogP) is 6.79. The van der Waals surface area contributed by atoms with E-state index < -0.39 is 0 Å². The van der Waals surface area contributed by atoms with E-state index in [1.165, 1.54) is 44.1 Å². The third-order valence-corrected chi connectivity index (χ3v) is 4.74. The van der Waals surface area contributed by atoms with Gasteiger partial charge < -0.3 is 0 Å². The van der Waals surface area contributed by atoms with Gasteiger partial charge in [0.25, 0.3) is 0 Å². The Morgan fingerprint density at radius 3 is 2.50 bits per heavy atom. The predicted molar refractivity (Wildman–Crippen MR) is 93.5 cm³/mol. The van der Waals surface area contributed by atoms with E-state index in [9.17, 15) is 4.39 Å². The van der Waals surface area contributed by atoms with Crippen LogP contribution in [0.15, 0.2) is 48.1 Å². The van der Waals surface area contributed by atoms with Gasteiger partial charge in [0.15, 0.2) is 0 Å². The number of hydrogen-bond acceptors (Lipinski definition) is 0. The molecule has 0 nitrogen and oxygen atoms in total. The Labute approximate surface area is 135 Å². The molecule has 1 aliphatic carbocycles. The number of rotatable bonds is 8. The molecule has 0 aliphatic heterocycles. The molecule has 2 atom stereocenters. The average molecular weight is 300 g/mol. The minimum atomic E-state index is -0.145. The van der Waals surface area contributed by atoms with E-state index in [1.54, 1.807) is 17.7 Å². The van der Waals surface area contributed by atoms with Gasteiger partial charge in [0.1, 0.15) is 5.82 Å². The van der Waals surface area contributed by atoms with Gasteiger partial charge in [0, 0.05) is 5.92 Å². The molecule has 0 saturated carbocycles. The Bertz CT molecular complexity index is 495. The number of unbranched alkanes of at least 4 members (excludes halogenated alkanes) is 2. The zero-order valence-corrected chi connectivity index (χ0v) is 14.0. The molecule has 0 spiro atoms. The van der Waals surface area contributed by atoms with Gasteiger partial charge in [-0.05, 0) is 42.9 Å². The summed E-state index contributed by atoms with van der Waals surface area (Å²) in [5, 5.41) is 0. The molecule has 120 valence electrons. The highest BCUT2D eigenvalue weighted by Gasteiger charge is 2.24. The van der Waals surface area contributed by atoms with Crippen LogP contribution in [-0.2, 0) is 0 Å². The van der Waals surface area contributed by atoms with Gasteiger partial charge in [-0.1, -0.05) is 75.5 Å². The lowest BCUT2D eigenvalue weighted by Gasteiger charge is -2.29. The quantitative estimate of drug-likeness (QED) is 0.463. The first-order valence-corrected chi connectivity index (χ1v) is 8.88. The van der Waals surface area contributed by atoms with Crippen molar-refractivity contribution in [1.82, 2.24) is 0 Å². The van der Waals surface area contributed by atoms with Crippen molar-refractivity contribution in [3.05, 3.63) is 59.4 Å². The molecule has 0 bridgehead atoms. The highest BCUT2D eigenvalue weighted by molar-refractivity contribution is 5.36. The summed E-state index contributed by atoms with van der Waals surface area (Å²) < 4.78 is 13.2. The molecule has 0 heterocycles. The fourth-order valence-electron chi connectivity index (χ4n) is 3.56. The largest absolute Gasteiger partial charge is 0.207 e. The summed E-state index contributed by atoms with van der Waals surface area (Å²) >= 11 is 0. The molecule has 22 heavy (non-hydrogen) atoms. The highest BCUT2D eigenvalue weighted by atomic mass is 19.1. The van der Waals surface area contributed by atoms with E-state index >= 15 is 0 Å². The van der Waals surface area contributed by atoms with Crippen LogP contribution in [0.3, 0.4) is 0 Å². The van der Waals surface area contributed by atoms with Gasteiger partial charge in [0.05, 0.1) is 0 Å². The van der Waals surface area contributed by atoms with Gasteiger partial charge in [-0.25, -0.2) is 4.39 Å². The van der Waals surface area contributed by atoms with E-state index in [1.807, 2.05) is 12.1 Å². The average Bonchev–Trinajstić information content (AvgIpc) is 2.55. The number of hydrogen-bond donors (Lipinski definition) is 0. The molecular formula is C21H29F. The first-order valence-electron chi connectivity index (χ1n) is 8.88. The van der Waals surface area contributed by atoms with E-state index in [4.69, 9.17) is 0 Å². The van der Waals surface area contributed by atoms with Crippen molar-refractivity contribution in [1.29, 1.82) is 0 Å². The van der Waals surface area contributed by atoms with Crippen molar-refractivity contribution in [2.45, 2.75) is 64.7 Å². The van der Waals surface area contributed by atoms with Gasteiger partial charge in [-0.3, -0.25) is 0 Å². The minimum absolute atomic E-state index is 0.145. The van der Waals surface area contributed by atoms with Crippen LogP contribution < -0.4 is 0 Å². The van der Waals surface area contributed by atoms with Gasteiger partial charge in [-0.2, -0.15) is 0 Å². The second-order valence-electron chi connectivity index (χ2n) is 6.42. The normalized spacial score (nSPS) is 19.0. The van der Waals surface area contributed by atoms with Crippen molar-refractivity contribution in [2.75, 3.05) is 0 Å². The number of halogens is 1. The SMILES string of the molecule is CCCCCC(CCC)C1=CC=CCC1c1ccc(F)cc1. The van der Waals surface area contributed by atoms with Crippen LogP contribution in [0.1, 0.15) is 70.3 Å². The Morgan fingerprint density at radius 2 is 1.82 bits per heavy atom. The van der Waals surface area contributed by atoms with Gasteiger partial charge in [-0.15, -0.1) is 0 Å². The monoisotopic (exact) mass is 300 g/mol. The molecule has 0 fully saturated rings. The summed E-state index contributed by atoms with van der Waals surface area (Å²) in [6.07, 6.45) is 15.5. The number of allylic oxidation sites excluding steroid dienone is 4. The Balaban J connectivity index is 2.16. The molecule has 0 radical (unpaired) electrons. The third kappa shape index (κ3) is 4.56. The van der Waals surface area contributed by atoms with E-state index in [0.717, 1.165) is 6.42 Å².